The first-order chi connectivity index (χ1) is 11.2. The van der Waals surface area contributed by atoms with Crippen molar-refractivity contribution in [1.29, 1.82) is 0 Å². The third kappa shape index (κ3) is 4.64. The van der Waals surface area contributed by atoms with E-state index in [1.54, 1.807) is 0 Å². The summed E-state index contributed by atoms with van der Waals surface area (Å²) in [5.41, 5.74) is 2.42. The van der Waals surface area contributed by atoms with Gasteiger partial charge in [0.1, 0.15) is 0 Å². The smallest absolute Gasteiger partial charge is 0.261 e. The standard InChI is InChI=1S/C18H22N2O2S/c1-14-2-7-17(23-14)18(21)19-12-15-3-5-16(6-4-15)13-20-8-10-22-11-9-20/h2-7H,8-13H2,1H3,(H,19,21). The number of rotatable bonds is 5. The number of ether oxygens (including phenoxy) is 1. The number of carbonyl (C=O) groups excluding carboxylic acids is 1. The number of aryl methyl sites for hydroxylation is 1. The molecule has 1 fully saturated rings. The van der Waals surface area contributed by atoms with Crippen molar-refractivity contribution in [2.45, 2.75) is 20.0 Å². The van der Waals surface area contributed by atoms with Crippen LogP contribution in [0.25, 0.3) is 0 Å². The summed E-state index contributed by atoms with van der Waals surface area (Å²) >= 11 is 1.53. The molecule has 1 aromatic carbocycles. The maximum Gasteiger partial charge on any atom is 0.261 e. The van der Waals surface area contributed by atoms with Crippen LogP contribution in [0.4, 0.5) is 0 Å². The first kappa shape index (κ1) is 16.2. The van der Waals surface area contributed by atoms with Crippen LogP contribution in [0.15, 0.2) is 36.4 Å². The van der Waals surface area contributed by atoms with Crippen molar-refractivity contribution in [2.75, 3.05) is 26.3 Å². The van der Waals surface area contributed by atoms with E-state index in [-0.39, 0.29) is 5.91 Å². The average Bonchev–Trinajstić information content (AvgIpc) is 3.01. The van der Waals surface area contributed by atoms with Gasteiger partial charge in [-0.3, -0.25) is 9.69 Å². The second kappa shape index (κ2) is 7.73. The van der Waals surface area contributed by atoms with Gasteiger partial charge in [0, 0.05) is 31.1 Å². The van der Waals surface area contributed by atoms with E-state index in [4.69, 9.17) is 4.74 Å². The molecule has 1 aliphatic heterocycles. The van der Waals surface area contributed by atoms with Crippen LogP contribution in [-0.4, -0.2) is 37.1 Å². The lowest BCUT2D eigenvalue weighted by Gasteiger charge is -2.26. The fourth-order valence-electron chi connectivity index (χ4n) is 2.61. The Balaban J connectivity index is 1.50. The Kier molecular flexibility index (Phi) is 5.43. The summed E-state index contributed by atoms with van der Waals surface area (Å²) in [5.74, 6) is 0.000457. The van der Waals surface area contributed by atoms with E-state index in [0.29, 0.717) is 6.54 Å². The molecule has 122 valence electrons. The molecule has 0 saturated carbocycles. The molecule has 0 spiro atoms. The van der Waals surface area contributed by atoms with E-state index in [9.17, 15) is 4.79 Å². The maximum absolute atomic E-state index is 12.0. The quantitative estimate of drug-likeness (QED) is 0.916. The zero-order chi connectivity index (χ0) is 16.1. The van der Waals surface area contributed by atoms with Crippen molar-refractivity contribution >= 4 is 17.2 Å². The van der Waals surface area contributed by atoms with Gasteiger partial charge in [0.05, 0.1) is 18.1 Å². The number of amides is 1. The third-order valence-electron chi connectivity index (χ3n) is 3.95. The summed E-state index contributed by atoms with van der Waals surface area (Å²) in [4.78, 5) is 16.4. The molecule has 0 unspecified atom stereocenters. The summed E-state index contributed by atoms with van der Waals surface area (Å²) < 4.78 is 5.37. The highest BCUT2D eigenvalue weighted by Crippen LogP contribution is 2.15. The molecule has 1 amide bonds. The molecule has 0 aliphatic carbocycles. The van der Waals surface area contributed by atoms with Crippen molar-refractivity contribution in [3.63, 3.8) is 0 Å². The van der Waals surface area contributed by atoms with E-state index in [2.05, 4.69) is 34.5 Å². The fraction of sp³-hybridized carbons (Fsp3) is 0.389. The maximum atomic E-state index is 12.0. The minimum atomic E-state index is 0.000457. The van der Waals surface area contributed by atoms with Crippen LogP contribution >= 0.6 is 11.3 Å². The van der Waals surface area contributed by atoms with Crippen LogP contribution in [0.5, 0.6) is 0 Å². The number of nitrogens with one attached hydrogen (secondary N) is 1. The van der Waals surface area contributed by atoms with Gasteiger partial charge in [-0.1, -0.05) is 24.3 Å². The second-order valence-corrected chi connectivity index (χ2v) is 7.09. The van der Waals surface area contributed by atoms with Gasteiger partial charge in [-0.25, -0.2) is 0 Å². The SMILES string of the molecule is Cc1ccc(C(=O)NCc2ccc(CN3CCOCC3)cc2)s1. The molecule has 1 aromatic heterocycles. The molecule has 1 saturated heterocycles. The zero-order valence-electron chi connectivity index (χ0n) is 13.4. The van der Waals surface area contributed by atoms with Crippen LogP contribution in [0.3, 0.4) is 0 Å². The highest BCUT2D eigenvalue weighted by atomic mass is 32.1. The van der Waals surface area contributed by atoms with Crippen molar-refractivity contribution in [3.05, 3.63) is 57.3 Å². The molecule has 0 atom stereocenters. The van der Waals surface area contributed by atoms with E-state index >= 15 is 0 Å². The topological polar surface area (TPSA) is 41.6 Å². The summed E-state index contributed by atoms with van der Waals surface area (Å²) in [7, 11) is 0. The van der Waals surface area contributed by atoms with Crippen molar-refractivity contribution in [3.8, 4) is 0 Å². The Morgan fingerprint density at radius 3 is 2.48 bits per heavy atom. The normalized spacial score (nSPS) is 15.5. The van der Waals surface area contributed by atoms with Crippen LogP contribution < -0.4 is 5.32 Å². The number of thiophene rings is 1. The zero-order valence-corrected chi connectivity index (χ0v) is 14.2. The molecule has 1 aliphatic rings. The molecule has 0 radical (unpaired) electrons. The van der Waals surface area contributed by atoms with Gasteiger partial charge in [-0.2, -0.15) is 0 Å². The van der Waals surface area contributed by atoms with Gasteiger partial charge in [0.15, 0.2) is 0 Å². The Morgan fingerprint density at radius 1 is 1.13 bits per heavy atom. The molecular weight excluding hydrogens is 308 g/mol. The van der Waals surface area contributed by atoms with E-state index in [0.717, 1.165) is 48.2 Å². The molecular formula is C18H22N2O2S. The van der Waals surface area contributed by atoms with Crippen LogP contribution in [0, 0.1) is 6.92 Å². The second-order valence-electron chi connectivity index (χ2n) is 5.80. The van der Waals surface area contributed by atoms with E-state index < -0.39 is 0 Å². The lowest BCUT2D eigenvalue weighted by molar-refractivity contribution is 0.0342. The van der Waals surface area contributed by atoms with Gasteiger partial charge >= 0.3 is 0 Å². The van der Waals surface area contributed by atoms with E-state index in [1.807, 2.05) is 19.1 Å². The van der Waals surface area contributed by atoms with Crippen LogP contribution in [0.1, 0.15) is 25.7 Å². The summed E-state index contributed by atoms with van der Waals surface area (Å²) in [6.45, 7) is 7.18. The predicted octanol–water partition coefficient (Wildman–Crippen LogP) is 2.82. The highest BCUT2D eigenvalue weighted by molar-refractivity contribution is 7.13. The number of nitrogens with zero attached hydrogens (tertiary/aromatic N) is 1. The number of morpholine rings is 1. The number of carbonyl (C=O) groups is 1. The molecule has 2 heterocycles. The summed E-state index contributed by atoms with van der Waals surface area (Å²) in [5, 5.41) is 2.97. The average molecular weight is 330 g/mol. The Bertz CT molecular complexity index is 645. The minimum absolute atomic E-state index is 0.000457. The number of benzene rings is 1. The van der Waals surface area contributed by atoms with Gasteiger partial charge in [0.25, 0.3) is 5.91 Å². The van der Waals surface area contributed by atoms with Crippen molar-refractivity contribution < 1.29 is 9.53 Å². The molecule has 1 N–H and O–H groups in total. The first-order valence-corrected chi connectivity index (χ1v) is 8.75. The molecule has 23 heavy (non-hydrogen) atoms. The third-order valence-corrected chi connectivity index (χ3v) is 4.95. The van der Waals surface area contributed by atoms with Gasteiger partial charge < -0.3 is 10.1 Å². The number of hydrogen-bond donors (Lipinski definition) is 1. The Labute approximate surface area is 141 Å². The molecule has 2 aromatic rings. The predicted molar refractivity (Wildman–Crippen MR) is 92.8 cm³/mol. The van der Waals surface area contributed by atoms with Gasteiger partial charge in [-0.15, -0.1) is 11.3 Å². The minimum Gasteiger partial charge on any atom is -0.379 e. The van der Waals surface area contributed by atoms with Gasteiger partial charge in [0.2, 0.25) is 0 Å². The largest absolute Gasteiger partial charge is 0.379 e. The van der Waals surface area contributed by atoms with Gasteiger partial charge in [-0.05, 0) is 30.2 Å². The molecule has 0 bridgehead atoms. The lowest BCUT2D eigenvalue weighted by atomic mass is 10.1. The molecule has 4 nitrogen and oxygen atoms in total. The molecule has 3 rings (SSSR count). The van der Waals surface area contributed by atoms with Crippen molar-refractivity contribution in [1.82, 2.24) is 10.2 Å². The van der Waals surface area contributed by atoms with Crippen LogP contribution in [0.2, 0.25) is 0 Å². The monoisotopic (exact) mass is 330 g/mol. The summed E-state index contributed by atoms with van der Waals surface area (Å²) in [6.07, 6.45) is 0. The fourth-order valence-corrected chi connectivity index (χ4v) is 3.39. The molecule has 5 heteroatoms. The first-order valence-electron chi connectivity index (χ1n) is 7.93. The lowest BCUT2D eigenvalue weighted by Crippen LogP contribution is -2.35. The van der Waals surface area contributed by atoms with Crippen LogP contribution in [-0.2, 0) is 17.8 Å². The van der Waals surface area contributed by atoms with E-state index in [1.165, 1.54) is 16.9 Å². The van der Waals surface area contributed by atoms with Crippen molar-refractivity contribution in [2.24, 2.45) is 0 Å². The number of hydrogen-bond acceptors (Lipinski definition) is 4. The Hall–Kier alpha value is -1.69. The highest BCUT2D eigenvalue weighted by Gasteiger charge is 2.11. The Morgan fingerprint density at radius 2 is 1.83 bits per heavy atom. The summed E-state index contributed by atoms with van der Waals surface area (Å²) in [6, 6.07) is 12.3.